The van der Waals surface area contributed by atoms with Crippen LogP contribution in [0, 0.1) is 45.3 Å². The van der Waals surface area contributed by atoms with Crippen molar-refractivity contribution in [3.63, 3.8) is 0 Å². The molecule has 0 aromatic heterocycles. The third-order valence-corrected chi connectivity index (χ3v) is 13.9. The normalized spacial score (nSPS) is 46.0. The molecule has 3 saturated carbocycles. The van der Waals surface area contributed by atoms with Crippen LogP contribution in [0.2, 0.25) is 0 Å². The number of carbonyl (C=O) groups is 4. The lowest BCUT2D eigenvalue weighted by molar-refractivity contribution is -0.299. The van der Waals surface area contributed by atoms with Crippen LogP contribution in [0.5, 0.6) is 0 Å². The molecule has 5 rings (SSSR count). The Labute approximate surface area is 303 Å². The predicted octanol–water partition coefficient (Wildman–Crippen LogP) is 0.501. The van der Waals surface area contributed by atoms with E-state index in [0.717, 1.165) is 11.1 Å². The molecule has 292 valence electrons. The fraction of sp³-hybridized carbons (Fsp3) is 0.789. The van der Waals surface area contributed by atoms with E-state index >= 15 is 0 Å². The van der Waals surface area contributed by atoms with E-state index in [4.69, 9.17) is 14.2 Å². The highest BCUT2D eigenvalue weighted by Crippen LogP contribution is 2.73. The average molecular weight is 737 g/mol. The molecular weight excluding hydrogens is 680 g/mol. The second kappa shape index (κ2) is 14.6. The number of ketones is 1. The van der Waals surface area contributed by atoms with Crippen molar-refractivity contribution >= 4 is 24.0 Å². The molecular formula is C38H56O14. The maximum absolute atomic E-state index is 14.4. The van der Waals surface area contributed by atoms with Crippen molar-refractivity contribution in [3.05, 3.63) is 23.3 Å². The summed E-state index contributed by atoms with van der Waals surface area (Å²) < 4.78 is 16.9. The van der Waals surface area contributed by atoms with Crippen molar-refractivity contribution in [1.29, 1.82) is 0 Å². The quantitative estimate of drug-likeness (QED) is 0.0700. The number of esters is 2. The Morgan fingerprint density at radius 1 is 1.00 bits per heavy atom. The molecule has 1 aliphatic heterocycles. The van der Waals surface area contributed by atoms with Crippen molar-refractivity contribution in [1.82, 2.24) is 0 Å². The Balaban J connectivity index is 1.55. The number of hydrogen-bond acceptors (Lipinski definition) is 14. The molecule has 0 aromatic carbocycles. The van der Waals surface area contributed by atoms with Gasteiger partial charge in [0.1, 0.15) is 42.2 Å². The number of allylic oxidation sites excluding steroid dienone is 3. The molecule has 0 radical (unpaired) electrons. The minimum atomic E-state index is -1.85. The van der Waals surface area contributed by atoms with Crippen molar-refractivity contribution < 1.29 is 69.1 Å². The third-order valence-electron chi connectivity index (χ3n) is 13.9. The van der Waals surface area contributed by atoms with Crippen LogP contribution < -0.4 is 0 Å². The summed E-state index contributed by atoms with van der Waals surface area (Å²) in [7, 11) is 0. The zero-order valence-corrected chi connectivity index (χ0v) is 30.8. The highest BCUT2D eigenvalue weighted by atomic mass is 16.7. The molecule has 14 nitrogen and oxygen atoms in total. The molecule has 16 unspecified atom stereocenters. The van der Waals surface area contributed by atoms with Gasteiger partial charge in [-0.25, -0.2) is 0 Å². The topological polar surface area (TPSA) is 238 Å². The van der Waals surface area contributed by atoms with Gasteiger partial charge < -0.3 is 54.8 Å². The number of rotatable bonds is 10. The maximum Gasteiger partial charge on any atom is 0.318 e. The summed E-state index contributed by atoms with van der Waals surface area (Å²) in [5.74, 6) is -4.60. The van der Waals surface area contributed by atoms with E-state index in [-0.39, 0.29) is 37.9 Å². The zero-order valence-electron chi connectivity index (χ0n) is 30.8. The lowest BCUT2D eigenvalue weighted by Gasteiger charge is -2.65. The number of fused-ring (bicyclic) bond motifs is 5. The van der Waals surface area contributed by atoms with Gasteiger partial charge in [0.15, 0.2) is 5.78 Å². The first-order valence-corrected chi connectivity index (χ1v) is 18.3. The van der Waals surface area contributed by atoms with Gasteiger partial charge in [0.25, 0.3) is 0 Å². The minimum absolute atomic E-state index is 0.0402. The Morgan fingerprint density at radius 3 is 2.25 bits per heavy atom. The average Bonchev–Trinajstić information content (AvgIpc) is 3.32. The summed E-state index contributed by atoms with van der Waals surface area (Å²) >= 11 is 0. The van der Waals surface area contributed by atoms with E-state index in [1.54, 1.807) is 27.7 Å². The number of ether oxygens (including phenoxy) is 3. The van der Waals surface area contributed by atoms with Gasteiger partial charge in [-0.05, 0) is 76.2 Å². The van der Waals surface area contributed by atoms with Gasteiger partial charge in [-0.1, -0.05) is 31.1 Å². The molecule has 4 fully saturated rings. The lowest BCUT2D eigenvalue weighted by Crippen LogP contribution is -2.66. The van der Waals surface area contributed by atoms with Gasteiger partial charge in [-0.15, -0.1) is 0 Å². The van der Waals surface area contributed by atoms with E-state index in [2.05, 4.69) is 0 Å². The van der Waals surface area contributed by atoms with Gasteiger partial charge in [-0.3, -0.25) is 14.4 Å². The Hall–Kier alpha value is -2.56. The van der Waals surface area contributed by atoms with Gasteiger partial charge in [0, 0.05) is 36.0 Å². The largest absolute Gasteiger partial charge is 0.461 e. The molecule has 1 saturated heterocycles. The van der Waals surface area contributed by atoms with Crippen LogP contribution in [0.25, 0.3) is 0 Å². The maximum atomic E-state index is 14.4. The molecule has 0 spiro atoms. The van der Waals surface area contributed by atoms with Gasteiger partial charge in [0.2, 0.25) is 6.29 Å². The van der Waals surface area contributed by atoms with E-state index < -0.39 is 120 Å². The molecule has 7 N–H and O–H groups in total. The first kappa shape index (κ1) is 40.6. The molecule has 0 aromatic rings. The van der Waals surface area contributed by atoms with Crippen LogP contribution >= 0.6 is 0 Å². The standard InChI is InChI=1S/C38H56O14/c1-18(2)11-21(43)12-20(15-39)29-24(44)14-38(17-41)22-7-8-26-35(4,23(22)13-27(45)37(29,38)6)10-9-28(50-19(3)42)36(26,5)34(49)52-33-32(48)31(47)30(46)25(16-40)51-33/h7,11,15,20,23-33,40-41,44-48H,8-10,12-14,16-17H2,1-6H3. The second-order valence-electron chi connectivity index (χ2n) is 16.8. The Kier molecular flexibility index (Phi) is 11.4. The van der Waals surface area contributed by atoms with Crippen LogP contribution in [0.4, 0.5) is 0 Å². The van der Waals surface area contributed by atoms with Crippen LogP contribution in [0.1, 0.15) is 80.1 Å². The summed E-state index contributed by atoms with van der Waals surface area (Å²) in [6, 6.07) is 0. The third kappa shape index (κ3) is 6.11. The van der Waals surface area contributed by atoms with Crippen molar-refractivity contribution in [2.75, 3.05) is 13.2 Å². The molecule has 14 heteroatoms. The number of hydrogen-bond donors (Lipinski definition) is 7. The highest BCUT2D eigenvalue weighted by Gasteiger charge is 2.73. The molecule has 1 heterocycles. The summed E-state index contributed by atoms with van der Waals surface area (Å²) in [6.45, 7) is 8.95. The minimum Gasteiger partial charge on any atom is -0.461 e. The SMILES string of the molecule is CC(=O)OC1CCC2(C)C3CC(O)C4(C)C(C(C=O)CC(=O)C=C(C)C)C(O)CC4(CO)C3=CCC2C1(C)C(=O)OC1OC(CO)C(O)C(O)C1O. The van der Waals surface area contributed by atoms with Crippen LogP contribution in [-0.2, 0) is 33.4 Å². The number of aliphatic hydroxyl groups excluding tert-OH is 7. The van der Waals surface area contributed by atoms with Crippen LogP contribution in [0.3, 0.4) is 0 Å². The van der Waals surface area contributed by atoms with Gasteiger partial charge in [0.05, 0.1) is 25.4 Å². The summed E-state index contributed by atoms with van der Waals surface area (Å²) in [5.41, 5.74) is -3.15. The highest BCUT2D eigenvalue weighted by molar-refractivity contribution is 5.91. The smallest absolute Gasteiger partial charge is 0.318 e. The fourth-order valence-electron chi connectivity index (χ4n) is 11.3. The molecule has 0 bridgehead atoms. The number of aliphatic hydroxyl groups is 7. The summed E-state index contributed by atoms with van der Waals surface area (Å²) in [4.78, 5) is 52.2. The van der Waals surface area contributed by atoms with Crippen molar-refractivity contribution in [2.45, 2.75) is 129 Å². The van der Waals surface area contributed by atoms with E-state index in [0.29, 0.717) is 12.7 Å². The summed E-state index contributed by atoms with van der Waals surface area (Å²) in [6.07, 6.45) is -6.70. The van der Waals surface area contributed by atoms with E-state index in [1.807, 2.05) is 13.0 Å². The predicted molar refractivity (Wildman–Crippen MR) is 182 cm³/mol. The molecule has 5 aliphatic rings. The molecule has 4 aliphatic carbocycles. The van der Waals surface area contributed by atoms with Gasteiger partial charge >= 0.3 is 11.9 Å². The first-order valence-electron chi connectivity index (χ1n) is 18.3. The number of aldehydes is 1. The molecule has 0 amide bonds. The first-order chi connectivity index (χ1) is 24.3. The zero-order chi connectivity index (χ0) is 38.7. The Bertz CT molecular complexity index is 1470. The van der Waals surface area contributed by atoms with Gasteiger partial charge in [-0.2, -0.15) is 0 Å². The van der Waals surface area contributed by atoms with E-state index in [9.17, 15) is 54.9 Å². The monoisotopic (exact) mass is 736 g/mol. The number of carbonyl (C=O) groups excluding carboxylic acids is 4. The van der Waals surface area contributed by atoms with Crippen LogP contribution in [-0.4, -0.2) is 122 Å². The lowest BCUT2D eigenvalue weighted by atomic mass is 9.40. The fourth-order valence-corrected chi connectivity index (χ4v) is 11.3. The molecule has 52 heavy (non-hydrogen) atoms. The van der Waals surface area contributed by atoms with Crippen LogP contribution in [0.15, 0.2) is 23.3 Å². The van der Waals surface area contributed by atoms with E-state index in [1.165, 1.54) is 13.0 Å². The van der Waals surface area contributed by atoms with Crippen molar-refractivity contribution in [3.8, 4) is 0 Å². The van der Waals surface area contributed by atoms with Crippen molar-refractivity contribution in [2.24, 2.45) is 45.3 Å². The molecule has 16 atom stereocenters. The Morgan fingerprint density at radius 2 is 1.67 bits per heavy atom. The summed E-state index contributed by atoms with van der Waals surface area (Å²) in [5, 5.41) is 76.2. The second-order valence-corrected chi connectivity index (χ2v) is 16.8.